The van der Waals surface area contributed by atoms with Gasteiger partial charge in [-0.05, 0) is 25.7 Å². The fraction of sp³-hybridized carbons (Fsp3) is 0.900. The van der Waals surface area contributed by atoms with E-state index in [1.807, 2.05) is 4.90 Å². The van der Waals surface area contributed by atoms with Crippen molar-refractivity contribution in [3.8, 4) is 0 Å². The molecule has 3 aliphatic rings. The van der Waals surface area contributed by atoms with Crippen LogP contribution < -0.4 is 5.32 Å². The molecule has 0 radical (unpaired) electrons. The number of likely N-dealkylation sites (tertiary alicyclic amines) is 1. The SMILES string of the molecule is O=C(C1CC2CCC1N2)N1CCC1. The summed E-state index contributed by atoms with van der Waals surface area (Å²) < 4.78 is 0. The second-order valence-electron chi connectivity index (χ2n) is 4.57. The lowest BCUT2D eigenvalue weighted by Gasteiger charge is -2.35. The number of rotatable bonds is 1. The van der Waals surface area contributed by atoms with Crippen LogP contribution in [0.3, 0.4) is 0 Å². The standard InChI is InChI=1S/C10H16N2O/c13-10(12-4-1-5-12)8-6-7-2-3-9(8)11-7/h7-9,11H,1-6H2. The summed E-state index contributed by atoms with van der Waals surface area (Å²) in [5.41, 5.74) is 0. The van der Waals surface area contributed by atoms with Crippen molar-refractivity contribution in [2.75, 3.05) is 13.1 Å². The van der Waals surface area contributed by atoms with Gasteiger partial charge >= 0.3 is 0 Å². The zero-order valence-corrected chi connectivity index (χ0v) is 7.83. The molecule has 0 saturated carbocycles. The Hall–Kier alpha value is -0.570. The van der Waals surface area contributed by atoms with Crippen molar-refractivity contribution in [3.05, 3.63) is 0 Å². The highest BCUT2D eigenvalue weighted by atomic mass is 16.2. The van der Waals surface area contributed by atoms with Crippen molar-refractivity contribution >= 4 is 5.91 Å². The summed E-state index contributed by atoms with van der Waals surface area (Å²) >= 11 is 0. The lowest BCUT2D eigenvalue weighted by molar-refractivity contribution is -0.139. The fourth-order valence-electron chi connectivity index (χ4n) is 2.87. The van der Waals surface area contributed by atoms with E-state index in [-0.39, 0.29) is 0 Å². The van der Waals surface area contributed by atoms with Crippen LogP contribution in [0, 0.1) is 5.92 Å². The summed E-state index contributed by atoms with van der Waals surface area (Å²) in [6.07, 6.45) is 4.81. The molecule has 0 aliphatic carbocycles. The van der Waals surface area contributed by atoms with E-state index < -0.39 is 0 Å². The molecule has 0 aromatic rings. The molecule has 1 N–H and O–H groups in total. The average Bonchev–Trinajstić information content (AvgIpc) is 2.59. The molecule has 3 heterocycles. The highest BCUT2D eigenvalue weighted by Crippen LogP contribution is 2.34. The third-order valence-electron chi connectivity index (χ3n) is 3.78. The smallest absolute Gasteiger partial charge is 0.227 e. The van der Waals surface area contributed by atoms with Gasteiger partial charge in [0.05, 0.1) is 5.92 Å². The predicted octanol–water partition coefficient (Wildman–Crippen LogP) is 0.359. The van der Waals surface area contributed by atoms with E-state index in [0.29, 0.717) is 23.9 Å². The Bertz CT molecular complexity index is 237. The molecule has 3 heteroatoms. The monoisotopic (exact) mass is 180 g/mol. The van der Waals surface area contributed by atoms with Crippen LogP contribution in [0.1, 0.15) is 25.7 Å². The Labute approximate surface area is 78.5 Å². The van der Waals surface area contributed by atoms with Crippen LogP contribution in [0.15, 0.2) is 0 Å². The van der Waals surface area contributed by atoms with Crippen molar-refractivity contribution in [2.24, 2.45) is 5.92 Å². The van der Waals surface area contributed by atoms with E-state index in [1.165, 1.54) is 19.3 Å². The summed E-state index contributed by atoms with van der Waals surface area (Å²) in [6.45, 7) is 2.01. The van der Waals surface area contributed by atoms with Gasteiger partial charge in [-0.2, -0.15) is 0 Å². The highest BCUT2D eigenvalue weighted by Gasteiger charge is 2.44. The first-order valence-electron chi connectivity index (χ1n) is 5.39. The van der Waals surface area contributed by atoms with Gasteiger partial charge < -0.3 is 10.2 Å². The molecule has 3 aliphatic heterocycles. The molecule has 3 atom stereocenters. The van der Waals surface area contributed by atoms with Gasteiger partial charge in [0.2, 0.25) is 5.91 Å². The van der Waals surface area contributed by atoms with Crippen LogP contribution in [0.4, 0.5) is 0 Å². The van der Waals surface area contributed by atoms with Crippen LogP contribution in [-0.4, -0.2) is 36.0 Å². The van der Waals surface area contributed by atoms with Crippen molar-refractivity contribution < 1.29 is 4.79 Å². The second-order valence-corrected chi connectivity index (χ2v) is 4.57. The number of nitrogens with one attached hydrogen (secondary N) is 1. The maximum absolute atomic E-state index is 11.9. The summed E-state index contributed by atoms with van der Waals surface area (Å²) in [4.78, 5) is 13.9. The lowest BCUT2D eigenvalue weighted by atomic mass is 9.87. The number of hydrogen-bond acceptors (Lipinski definition) is 2. The molecule has 0 aromatic heterocycles. The van der Waals surface area contributed by atoms with Crippen LogP contribution in [0.2, 0.25) is 0 Å². The maximum Gasteiger partial charge on any atom is 0.227 e. The Morgan fingerprint density at radius 3 is 2.62 bits per heavy atom. The van der Waals surface area contributed by atoms with E-state index in [2.05, 4.69) is 5.32 Å². The quantitative estimate of drug-likeness (QED) is 0.632. The van der Waals surface area contributed by atoms with Crippen molar-refractivity contribution in [2.45, 2.75) is 37.8 Å². The normalized spacial score (nSPS) is 42.2. The second kappa shape index (κ2) is 2.71. The Morgan fingerprint density at radius 2 is 2.15 bits per heavy atom. The molecule has 3 saturated heterocycles. The Kier molecular flexibility index (Phi) is 1.62. The molecule has 3 rings (SSSR count). The van der Waals surface area contributed by atoms with E-state index >= 15 is 0 Å². The topological polar surface area (TPSA) is 32.3 Å². The number of hydrogen-bond donors (Lipinski definition) is 1. The first-order valence-corrected chi connectivity index (χ1v) is 5.39. The van der Waals surface area contributed by atoms with Gasteiger partial charge in [-0.1, -0.05) is 0 Å². The molecule has 3 fully saturated rings. The molecule has 0 aromatic carbocycles. The molecular formula is C10H16N2O. The average molecular weight is 180 g/mol. The van der Waals surface area contributed by atoms with Crippen LogP contribution >= 0.6 is 0 Å². The van der Waals surface area contributed by atoms with Gasteiger partial charge in [-0.3, -0.25) is 4.79 Å². The summed E-state index contributed by atoms with van der Waals surface area (Å²) in [5, 5.41) is 3.51. The fourth-order valence-corrected chi connectivity index (χ4v) is 2.87. The largest absolute Gasteiger partial charge is 0.342 e. The van der Waals surface area contributed by atoms with Crippen LogP contribution in [0.5, 0.6) is 0 Å². The van der Waals surface area contributed by atoms with Gasteiger partial charge in [0.25, 0.3) is 0 Å². The zero-order chi connectivity index (χ0) is 8.84. The zero-order valence-electron chi connectivity index (χ0n) is 7.83. The summed E-state index contributed by atoms with van der Waals surface area (Å²) in [6, 6.07) is 1.17. The van der Waals surface area contributed by atoms with Gasteiger partial charge in [-0.15, -0.1) is 0 Å². The highest BCUT2D eigenvalue weighted by molar-refractivity contribution is 5.80. The van der Waals surface area contributed by atoms with Gasteiger partial charge in [-0.25, -0.2) is 0 Å². The Morgan fingerprint density at radius 1 is 1.31 bits per heavy atom. The van der Waals surface area contributed by atoms with Crippen LogP contribution in [0.25, 0.3) is 0 Å². The maximum atomic E-state index is 11.9. The third-order valence-corrected chi connectivity index (χ3v) is 3.78. The predicted molar refractivity (Wildman–Crippen MR) is 49.2 cm³/mol. The van der Waals surface area contributed by atoms with E-state index in [4.69, 9.17) is 0 Å². The van der Waals surface area contributed by atoms with E-state index in [0.717, 1.165) is 19.5 Å². The molecule has 3 unspecified atom stereocenters. The molecular weight excluding hydrogens is 164 g/mol. The minimum absolute atomic E-state index is 0.319. The van der Waals surface area contributed by atoms with Crippen molar-refractivity contribution in [3.63, 3.8) is 0 Å². The molecule has 0 spiro atoms. The molecule has 1 amide bonds. The minimum atomic E-state index is 0.319. The number of amides is 1. The van der Waals surface area contributed by atoms with Gasteiger partial charge in [0.15, 0.2) is 0 Å². The first-order chi connectivity index (χ1) is 6.34. The Balaban J connectivity index is 1.68. The molecule has 2 bridgehead atoms. The number of carbonyl (C=O) groups is 1. The van der Waals surface area contributed by atoms with E-state index in [9.17, 15) is 4.79 Å². The van der Waals surface area contributed by atoms with Gasteiger partial charge in [0.1, 0.15) is 0 Å². The molecule has 13 heavy (non-hydrogen) atoms. The molecule has 72 valence electrons. The van der Waals surface area contributed by atoms with Crippen molar-refractivity contribution in [1.82, 2.24) is 10.2 Å². The van der Waals surface area contributed by atoms with Crippen molar-refractivity contribution in [1.29, 1.82) is 0 Å². The third kappa shape index (κ3) is 1.10. The van der Waals surface area contributed by atoms with Gasteiger partial charge in [0, 0.05) is 25.2 Å². The number of nitrogens with zero attached hydrogens (tertiary/aromatic N) is 1. The minimum Gasteiger partial charge on any atom is -0.342 e. The lowest BCUT2D eigenvalue weighted by Crippen LogP contribution is -2.47. The van der Waals surface area contributed by atoms with Crippen LogP contribution in [-0.2, 0) is 4.79 Å². The first kappa shape index (κ1) is 7.80. The number of carbonyl (C=O) groups excluding carboxylic acids is 1. The number of fused-ring (bicyclic) bond motifs is 2. The molecule has 3 nitrogen and oxygen atoms in total. The van der Waals surface area contributed by atoms with E-state index in [1.54, 1.807) is 0 Å². The summed E-state index contributed by atoms with van der Waals surface area (Å²) in [5.74, 6) is 0.741. The summed E-state index contributed by atoms with van der Waals surface area (Å²) in [7, 11) is 0.